The van der Waals surface area contributed by atoms with Crippen molar-refractivity contribution >= 4 is 18.2 Å². The van der Waals surface area contributed by atoms with Gasteiger partial charge in [0.25, 0.3) is 0 Å². The van der Waals surface area contributed by atoms with Gasteiger partial charge in [0.2, 0.25) is 0 Å². The van der Waals surface area contributed by atoms with Crippen molar-refractivity contribution in [2.45, 2.75) is 0 Å². The second-order valence-corrected chi connectivity index (χ2v) is 2.76. The Labute approximate surface area is 119 Å². The fourth-order valence-corrected chi connectivity index (χ4v) is 0. The van der Waals surface area contributed by atoms with Crippen LogP contribution in [0.25, 0.3) is 0 Å². The predicted molar refractivity (Wildman–Crippen MR) is 29.8 cm³/mol. The summed E-state index contributed by atoms with van der Waals surface area (Å²) in [7, 11) is -9.81. The second kappa shape index (κ2) is 12.0. The van der Waals surface area contributed by atoms with Crippen LogP contribution in [0.2, 0.25) is 0 Å². The molecule has 0 saturated heterocycles. The Hall–Kier alpha value is 1.94. The molecule has 0 aliphatic carbocycles. The number of rotatable bonds is 0. The minimum atomic E-state index is -5.17. The molecule has 9 nitrogen and oxygen atoms in total. The summed E-state index contributed by atoms with van der Waals surface area (Å²) in [6.45, 7) is 0. The van der Waals surface area contributed by atoms with Gasteiger partial charge < -0.3 is 29.9 Å². The predicted octanol–water partition coefficient (Wildman–Crippen LogP) is -8.10. The van der Waals surface area contributed by atoms with Crippen molar-refractivity contribution in [2.24, 2.45) is 0 Å². The first-order valence-corrected chi connectivity index (χ1v) is 4.35. The topological polar surface area (TPSA) is 193 Å². The summed E-state index contributed by atoms with van der Waals surface area (Å²) in [6.07, 6.45) is 0. The Morgan fingerprint density at radius 2 is 1.00 bits per heavy atom. The first kappa shape index (κ1) is 29.4. The van der Waals surface area contributed by atoms with Gasteiger partial charge in [-0.15, -0.1) is 0 Å². The van der Waals surface area contributed by atoms with Gasteiger partial charge in [-0.2, -0.15) is 0 Å². The van der Waals surface area contributed by atoms with Crippen LogP contribution >= 0.6 is 7.82 Å². The zero-order valence-corrected chi connectivity index (χ0v) is 12.7. The minimum absolute atomic E-state index is 0. The van der Waals surface area contributed by atoms with E-state index in [4.69, 9.17) is 36.8 Å². The van der Waals surface area contributed by atoms with Crippen LogP contribution in [0, 0.1) is 0 Å². The SMILES string of the molecule is N.O=P(O)(O)O.O=S(=O)([O-])[O-].[Na+].[Na+]. The average Bonchev–Trinajstić information content (AvgIpc) is 1.12. The van der Waals surface area contributed by atoms with Gasteiger partial charge in [0.05, 0.1) is 0 Å². The van der Waals surface area contributed by atoms with E-state index in [1.165, 1.54) is 0 Å². The Balaban J connectivity index is -0.0000000267. The van der Waals surface area contributed by atoms with Crippen molar-refractivity contribution in [3.8, 4) is 0 Å². The van der Waals surface area contributed by atoms with Gasteiger partial charge in [0, 0.05) is 10.4 Å². The van der Waals surface area contributed by atoms with Gasteiger partial charge in [0.1, 0.15) is 0 Å². The number of hydrogen-bond donors (Lipinski definition) is 4. The summed E-state index contributed by atoms with van der Waals surface area (Å²) in [5, 5.41) is 0. The van der Waals surface area contributed by atoms with Crippen molar-refractivity contribution < 1.29 is 95.9 Å². The third-order valence-electron chi connectivity index (χ3n) is 0. The molecule has 0 aromatic heterocycles. The molecule has 13 heavy (non-hydrogen) atoms. The summed E-state index contributed by atoms with van der Waals surface area (Å²) >= 11 is 0. The summed E-state index contributed by atoms with van der Waals surface area (Å²) in [5.74, 6) is 0. The Morgan fingerprint density at radius 3 is 1.00 bits per heavy atom. The molecule has 13 heteroatoms. The van der Waals surface area contributed by atoms with Gasteiger partial charge in [-0.1, -0.05) is 0 Å². The van der Waals surface area contributed by atoms with Gasteiger partial charge in [-0.05, 0) is 0 Å². The van der Waals surface area contributed by atoms with Gasteiger partial charge in [-0.3, -0.25) is 8.42 Å². The van der Waals surface area contributed by atoms with Crippen molar-refractivity contribution in [1.82, 2.24) is 6.15 Å². The molecule has 0 aliphatic heterocycles. The second-order valence-electron chi connectivity index (χ2n) is 0.922. The zero-order valence-electron chi connectivity index (χ0n) is 6.95. The van der Waals surface area contributed by atoms with E-state index in [9.17, 15) is 0 Å². The van der Waals surface area contributed by atoms with Crippen LogP contribution in [-0.4, -0.2) is 32.2 Å². The molecule has 72 valence electrons. The van der Waals surface area contributed by atoms with Crippen molar-refractivity contribution in [1.29, 1.82) is 0 Å². The summed E-state index contributed by atoms with van der Waals surface area (Å²) in [5.41, 5.74) is 0. The normalized spacial score (nSPS) is 9.00. The molecule has 0 atom stereocenters. The number of hydrogen-bond acceptors (Lipinski definition) is 6. The Kier molecular flexibility index (Phi) is 27.1. The zero-order chi connectivity index (χ0) is 9.00. The molecule has 0 spiro atoms. The van der Waals surface area contributed by atoms with Crippen LogP contribution in [-0.2, 0) is 15.0 Å². The third-order valence-corrected chi connectivity index (χ3v) is 0. The summed E-state index contributed by atoms with van der Waals surface area (Å²) in [4.78, 5) is 21.6. The molecule has 0 heterocycles. The van der Waals surface area contributed by atoms with Gasteiger partial charge in [0.15, 0.2) is 0 Å². The van der Waals surface area contributed by atoms with E-state index in [2.05, 4.69) is 0 Å². The fourth-order valence-electron chi connectivity index (χ4n) is 0. The molecule has 6 N–H and O–H groups in total. The average molecular weight is 257 g/mol. The van der Waals surface area contributed by atoms with Crippen LogP contribution in [0.3, 0.4) is 0 Å². The summed E-state index contributed by atoms with van der Waals surface area (Å²) in [6, 6.07) is 0. The molecule has 0 amide bonds. The molecule has 0 radical (unpaired) electrons. The minimum Gasteiger partial charge on any atom is -0.759 e. The van der Waals surface area contributed by atoms with Crippen LogP contribution in [0.15, 0.2) is 0 Å². The molecule has 0 unspecified atom stereocenters. The number of phosphoric acid groups is 1. The van der Waals surface area contributed by atoms with Gasteiger partial charge in [-0.25, -0.2) is 4.57 Å². The van der Waals surface area contributed by atoms with Gasteiger partial charge >= 0.3 is 66.9 Å². The van der Waals surface area contributed by atoms with Crippen LogP contribution in [0.1, 0.15) is 0 Å². The quantitative estimate of drug-likeness (QED) is 0.141. The standard InChI is InChI=1S/H3N.2Na.H3O4P.H2O4S/c;;;2*1-5(2,3)4/h1H3;;;(H3,1,2,3,4);(H2,1,2,3,4)/q;2*+1;;/p-2. The molecule has 0 aromatic carbocycles. The maximum Gasteiger partial charge on any atom is 1.00 e. The molecule has 0 rings (SSSR count). The monoisotopic (exact) mass is 257 g/mol. The first-order valence-electron chi connectivity index (χ1n) is 1.45. The fraction of sp³-hybridized carbons (Fsp3) is 0. The van der Waals surface area contributed by atoms with E-state index in [1.54, 1.807) is 0 Å². The molecular formula is H6NNa2O8PS. The molecular weight excluding hydrogens is 251 g/mol. The van der Waals surface area contributed by atoms with Crippen LogP contribution < -0.4 is 65.3 Å². The van der Waals surface area contributed by atoms with Crippen molar-refractivity contribution in [3.63, 3.8) is 0 Å². The van der Waals surface area contributed by atoms with E-state index in [0.29, 0.717) is 0 Å². The van der Waals surface area contributed by atoms with Crippen LogP contribution in [0.5, 0.6) is 0 Å². The van der Waals surface area contributed by atoms with E-state index in [1.807, 2.05) is 0 Å². The largest absolute Gasteiger partial charge is 1.00 e. The van der Waals surface area contributed by atoms with E-state index < -0.39 is 18.2 Å². The van der Waals surface area contributed by atoms with E-state index in [-0.39, 0.29) is 65.3 Å². The Bertz CT molecular complexity index is 200. The van der Waals surface area contributed by atoms with Crippen molar-refractivity contribution in [3.05, 3.63) is 0 Å². The van der Waals surface area contributed by atoms with E-state index in [0.717, 1.165) is 0 Å². The third kappa shape index (κ3) is 528. The van der Waals surface area contributed by atoms with Crippen molar-refractivity contribution in [2.75, 3.05) is 0 Å². The maximum absolute atomic E-state index is 8.88. The molecule has 0 saturated carbocycles. The molecule has 0 aliphatic rings. The Morgan fingerprint density at radius 1 is 1.00 bits per heavy atom. The van der Waals surface area contributed by atoms with E-state index >= 15 is 0 Å². The maximum atomic E-state index is 8.88. The molecule has 0 aromatic rings. The summed E-state index contributed by atoms with van der Waals surface area (Å²) < 4.78 is 43.0. The smallest absolute Gasteiger partial charge is 0.759 e. The first-order chi connectivity index (χ1) is 4.00. The molecule has 0 bridgehead atoms. The van der Waals surface area contributed by atoms with Crippen LogP contribution in [0.4, 0.5) is 0 Å². The molecule has 0 fully saturated rings.